The van der Waals surface area contributed by atoms with E-state index in [0.29, 0.717) is 23.6 Å². The molecular formula is C29H25ClN2O3. The second kappa shape index (κ2) is 9.43. The van der Waals surface area contributed by atoms with Gasteiger partial charge < -0.3 is 15.0 Å². The maximum Gasteiger partial charge on any atom is 0.295 e. The number of carbonyl (C=O) groups is 2. The third-order valence-electron chi connectivity index (χ3n) is 6.66. The average molecular weight is 485 g/mol. The summed E-state index contributed by atoms with van der Waals surface area (Å²) in [6, 6.07) is 21.8. The van der Waals surface area contributed by atoms with Crippen LogP contribution in [0, 0.1) is 0 Å². The third-order valence-corrected chi connectivity index (χ3v) is 6.91. The van der Waals surface area contributed by atoms with Gasteiger partial charge in [-0.3, -0.25) is 9.59 Å². The fourth-order valence-electron chi connectivity index (χ4n) is 4.74. The van der Waals surface area contributed by atoms with Gasteiger partial charge in [0.2, 0.25) is 0 Å². The van der Waals surface area contributed by atoms with Crippen LogP contribution in [-0.4, -0.2) is 33.2 Å². The van der Waals surface area contributed by atoms with Crippen LogP contribution in [0.2, 0.25) is 5.02 Å². The zero-order valence-corrected chi connectivity index (χ0v) is 20.0. The van der Waals surface area contributed by atoms with Crippen LogP contribution in [0.4, 0.5) is 0 Å². The highest BCUT2D eigenvalue weighted by atomic mass is 35.5. The van der Waals surface area contributed by atoms with E-state index in [1.165, 1.54) is 0 Å². The van der Waals surface area contributed by atoms with Gasteiger partial charge in [-0.25, -0.2) is 0 Å². The highest BCUT2D eigenvalue weighted by molar-refractivity contribution is 6.46. The molecule has 1 saturated heterocycles. The van der Waals surface area contributed by atoms with E-state index >= 15 is 0 Å². The molecule has 3 aromatic carbocycles. The first kappa shape index (κ1) is 22.9. The molecule has 0 aliphatic carbocycles. The van der Waals surface area contributed by atoms with Gasteiger partial charge >= 0.3 is 0 Å². The van der Waals surface area contributed by atoms with Crippen molar-refractivity contribution < 1.29 is 14.7 Å². The van der Waals surface area contributed by atoms with Crippen LogP contribution >= 0.6 is 11.6 Å². The molecule has 176 valence electrons. The Balaban J connectivity index is 1.56. The van der Waals surface area contributed by atoms with Gasteiger partial charge in [0.15, 0.2) is 0 Å². The zero-order valence-electron chi connectivity index (χ0n) is 19.3. The third kappa shape index (κ3) is 4.24. The van der Waals surface area contributed by atoms with E-state index in [1.807, 2.05) is 54.7 Å². The quantitative estimate of drug-likeness (QED) is 0.199. The molecule has 1 unspecified atom stereocenters. The molecule has 6 heteroatoms. The number of hydrogen-bond donors (Lipinski definition) is 2. The molecule has 1 aliphatic rings. The fourth-order valence-corrected chi connectivity index (χ4v) is 4.86. The van der Waals surface area contributed by atoms with Crippen molar-refractivity contribution in [2.45, 2.75) is 25.8 Å². The Bertz CT molecular complexity index is 1440. The number of para-hydroxylation sites is 1. The molecule has 1 aliphatic heterocycles. The van der Waals surface area contributed by atoms with Gasteiger partial charge in [0, 0.05) is 34.2 Å². The first-order valence-corrected chi connectivity index (χ1v) is 12.0. The van der Waals surface area contributed by atoms with E-state index in [2.05, 4.69) is 11.9 Å². The Labute approximate surface area is 208 Å². The molecule has 4 aromatic rings. The number of aliphatic hydroxyl groups excluding tert-OH is 1. The number of nitrogens with zero attached hydrogens (tertiary/aromatic N) is 1. The number of rotatable bonds is 6. The largest absolute Gasteiger partial charge is 0.507 e. The SMILES string of the molecule is CCc1ccc(C2C(=C(O)c3ccc(Cl)cc3)C(=O)C(=O)N2CCc2c[nH]c3ccccc23)cc1. The van der Waals surface area contributed by atoms with Crippen LogP contribution in [0.25, 0.3) is 16.7 Å². The van der Waals surface area contributed by atoms with E-state index in [9.17, 15) is 14.7 Å². The Morgan fingerprint density at radius 2 is 1.71 bits per heavy atom. The lowest BCUT2D eigenvalue weighted by atomic mass is 9.94. The predicted molar refractivity (Wildman–Crippen MR) is 138 cm³/mol. The summed E-state index contributed by atoms with van der Waals surface area (Å²) in [5, 5.41) is 12.8. The second-order valence-corrected chi connectivity index (χ2v) is 9.14. The number of aromatic nitrogens is 1. The normalized spacial score (nSPS) is 17.4. The van der Waals surface area contributed by atoms with E-state index in [0.717, 1.165) is 34.0 Å². The zero-order chi connectivity index (χ0) is 24.5. The number of benzene rings is 3. The lowest BCUT2D eigenvalue weighted by molar-refractivity contribution is -0.139. The molecule has 1 amide bonds. The van der Waals surface area contributed by atoms with Crippen LogP contribution in [-0.2, 0) is 22.4 Å². The topological polar surface area (TPSA) is 73.4 Å². The van der Waals surface area contributed by atoms with Gasteiger partial charge in [-0.1, -0.05) is 61.0 Å². The summed E-state index contributed by atoms with van der Waals surface area (Å²) >= 11 is 6.01. The minimum atomic E-state index is -0.680. The van der Waals surface area contributed by atoms with E-state index in [-0.39, 0.29) is 11.3 Å². The highest BCUT2D eigenvalue weighted by Gasteiger charge is 2.45. The molecule has 35 heavy (non-hydrogen) atoms. The number of likely N-dealkylation sites (tertiary alicyclic amines) is 1. The van der Waals surface area contributed by atoms with Crippen molar-refractivity contribution in [3.8, 4) is 0 Å². The molecule has 2 heterocycles. The number of hydrogen-bond acceptors (Lipinski definition) is 3. The number of amides is 1. The Kier molecular flexibility index (Phi) is 6.18. The van der Waals surface area contributed by atoms with Crippen LogP contribution in [0.15, 0.2) is 84.6 Å². The van der Waals surface area contributed by atoms with E-state index in [1.54, 1.807) is 29.2 Å². The smallest absolute Gasteiger partial charge is 0.295 e. The number of halogens is 1. The number of carbonyl (C=O) groups excluding carboxylic acids is 2. The molecular weight excluding hydrogens is 460 g/mol. The van der Waals surface area contributed by atoms with Gasteiger partial charge in [0.05, 0.1) is 11.6 Å². The standard InChI is InChI=1S/C29H25ClN2O3/c1-2-18-7-9-19(10-8-18)26-25(27(33)20-11-13-22(30)14-12-20)28(34)29(35)32(26)16-15-21-17-31-24-6-4-3-5-23(21)24/h3-14,17,26,31,33H,2,15-16H2,1H3. The van der Waals surface area contributed by atoms with Crippen molar-refractivity contribution in [3.63, 3.8) is 0 Å². The van der Waals surface area contributed by atoms with Crippen LogP contribution in [0.5, 0.6) is 0 Å². The number of H-pyrrole nitrogens is 1. The fraction of sp³-hybridized carbons (Fsp3) is 0.172. The summed E-state index contributed by atoms with van der Waals surface area (Å²) < 4.78 is 0. The molecule has 1 atom stereocenters. The van der Waals surface area contributed by atoms with Crippen molar-refractivity contribution >= 4 is 40.0 Å². The molecule has 5 rings (SSSR count). The summed E-state index contributed by atoms with van der Waals surface area (Å²) in [6.07, 6.45) is 3.40. The van der Waals surface area contributed by atoms with Crippen molar-refractivity contribution in [1.29, 1.82) is 0 Å². The summed E-state index contributed by atoms with van der Waals surface area (Å²) in [5.41, 5.74) is 4.58. The van der Waals surface area contributed by atoms with Gasteiger partial charge in [0.1, 0.15) is 5.76 Å². The van der Waals surface area contributed by atoms with Gasteiger partial charge in [-0.15, -0.1) is 0 Å². The molecule has 0 spiro atoms. The minimum absolute atomic E-state index is 0.0977. The summed E-state index contributed by atoms with van der Waals surface area (Å²) in [6.45, 7) is 2.41. The maximum absolute atomic E-state index is 13.2. The molecule has 0 radical (unpaired) electrons. The van der Waals surface area contributed by atoms with Gasteiger partial charge in [0.25, 0.3) is 11.7 Å². The Morgan fingerprint density at radius 3 is 2.43 bits per heavy atom. The van der Waals surface area contributed by atoms with Crippen molar-refractivity contribution in [3.05, 3.63) is 112 Å². The average Bonchev–Trinajstić information content (AvgIpc) is 3.41. The number of aromatic amines is 1. The maximum atomic E-state index is 13.2. The Morgan fingerprint density at radius 1 is 1.00 bits per heavy atom. The van der Waals surface area contributed by atoms with Crippen molar-refractivity contribution in [2.75, 3.05) is 6.54 Å². The van der Waals surface area contributed by atoms with E-state index < -0.39 is 17.7 Å². The summed E-state index contributed by atoms with van der Waals surface area (Å²) in [7, 11) is 0. The number of ketones is 1. The lowest BCUT2D eigenvalue weighted by Gasteiger charge is -2.25. The van der Waals surface area contributed by atoms with Crippen molar-refractivity contribution in [1.82, 2.24) is 9.88 Å². The molecule has 5 nitrogen and oxygen atoms in total. The number of Topliss-reactive ketones (excluding diaryl/α,β-unsaturated/α-hetero) is 1. The second-order valence-electron chi connectivity index (χ2n) is 8.70. The summed E-state index contributed by atoms with van der Waals surface area (Å²) in [4.78, 5) is 31.3. The number of aliphatic hydroxyl groups is 1. The number of nitrogens with one attached hydrogen (secondary N) is 1. The number of fused-ring (bicyclic) bond motifs is 1. The number of aryl methyl sites for hydroxylation is 1. The van der Waals surface area contributed by atoms with E-state index in [4.69, 9.17) is 11.6 Å². The van der Waals surface area contributed by atoms with Gasteiger partial charge in [-0.05, 0) is 59.9 Å². The highest BCUT2D eigenvalue weighted by Crippen LogP contribution is 2.39. The molecule has 0 saturated carbocycles. The monoisotopic (exact) mass is 484 g/mol. The molecule has 0 bridgehead atoms. The van der Waals surface area contributed by atoms with Crippen LogP contribution in [0.3, 0.4) is 0 Å². The minimum Gasteiger partial charge on any atom is -0.507 e. The lowest BCUT2D eigenvalue weighted by Crippen LogP contribution is -2.31. The first-order chi connectivity index (χ1) is 17.0. The summed E-state index contributed by atoms with van der Waals surface area (Å²) in [5.74, 6) is -1.48. The molecule has 1 aromatic heterocycles. The Hall–Kier alpha value is -3.83. The van der Waals surface area contributed by atoms with Gasteiger partial charge in [-0.2, -0.15) is 0 Å². The predicted octanol–water partition coefficient (Wildman–Crippen LogP) is 6.05. The molecule has 2 N–H and O–H groups in total. The van der Waals surface area contributed by atoms with Crippen molar-refractivity contribution in [2.24, 2.45) is 0 Å². The van der Waals surface area contributed by atoms with Crippen LogP contribution < -0.4 is 0 Å². The first-order valence-electron chi connectivity index (χ1n) is 11.7. The molecule has 1 fully saturated rings. The van der Waals surface area contributed by atoms with Crippen LogP contribution in [0.1, 0.15) is 35.2 Å².